The van der Waals surface area contributed by atoms with Gasteiger partial charge in [0, 0.05) is 6.42 Å². The second-order valence-electron chi connectivity index (χ2n) is 1.89. The first kappa shape index (κ1) is 8.94. The van der Waals surface area contributed by atoms with Gasteiger partial charge in [-0.25, -0.2) is 0 Å². The summed E-state index contributed by atoms with van der Waals surface area (Å²) >= 11 is 0. The summed E-state index contributed by atoms with van der Waals surface area (Å²) < 4.78 is 4.38. The van der Waals surface area contributed by atoms with Crippen LogP contribution in [-0.4, -0.2) is 19.0 Å². The molecule has 0 unspecified atom stereocenters. The van der Waals surface area contributed by atoms with E-state index in [1.54, 1.807) is 0 Å². The lowest BCUT2D eigenvalue weighted by Crippen LogP contribution is -2.10. The maximum atomic E-state index is 10.1. The Kier molecular flexibility index (Phi) is 5.42. The first-order valence-electron chi connectivity index (χ1n) is 3.11. The molecule has 10 heavy (non-hydrogen) atoms. The van der Waals surface area contributed by atoms with Crippen LogP contribution in [0.5, 0.6) is 0 Å². The highest BCUT2D eigenvalue weighted by molar-refractivity contribution is 5.73. The summed E-state index contributed by atoms with van der Waals surface area (Å²) in [5, 5.41) is 0. The lowest BCUT2D eigenvalue weighted by atomic mass is 10.2. The highest BCUT2D eigenvalue weighted by Crippen LogP contribution is 1.93. The Labute approximate surface area is 59.3 Å². The van der Waals surface area contributed by atoms with Gasteiger partial charge in [0.2, 0.25) is 5.91 Å². The van der Waals surface area contributed by atoms with E-state index in [0.29, 0.717) is 32.3 Å². The summed E-state index contributed by atoms with van der Waals surface area (Å²) in [5.41, 5.74) is 4.86. The molecule has 0 saturated carbocycles. The molecule has 0 aromatic carbocycles. The Bertz CT molecular complexity index is 114. The maximum Gasteiger partial charge on any atom is 0.293 e. The van der Waals surface area contributed by atoms with E-state index >= 15 is 0 Å². The lowest BCUT2D eigenvalue weighted by molar-refractivity contribution is -0.128. The van der Waals surface area contributed by atoms with Crippen molar-refractivity contribution in [2.24, 2.45) is 5.73 Å². The highest BCUT2D eigenvalue weighted by Gasteiger charge is 1.93. The Morgan fingerprint density at radius 1 is 1.50 bits per heavy atom. The fraction of sp³-hybridized carbons (Fsp3) is 0.667. The molecule has 0 atom stereocenters. The van der Waals surface area contributed by atoms with Gasteiger partial charge in [-0.15, -0.1) is 0 Å². The fourth-order valence-electron chi connectivity index (χ4n) is 0.533. The molecular weight excluding hydrogens is 134 g/mol. The summed E-state index contributed by atoms with van der Waals surface area (Å²) in [6.45, 7) is 0.765. The number of rotatable bonds is 6. The number of hydrogen-bond acceptors (Lipinski definition) is 3. The molecule has 0 aromatic heterocycles. The number of primary amides is 1. The Morgan fingerprint density at radius 3 is 2.70 bits per heavy atom. The van der Waals surface area contributed by atoms with Crippen LogP contribution in [-0.2, 0) is 14.3 Å². The molecule has 2 N–H and O–H groups in total. The van der Waals surface area contributed by atoms with Crippen molar-refractivity contribution in [1.29, 1.82) is 0 Å². The van der Waals surface area contributed by atoms with Crippen LogP contribution in [0.3, 0.4) is 0 Å². The predicted octanol–water partition coefficient (Wildman–Crippen LogP) is -0.185. The van der Waals surface area contributed by atoms with E-state index in [0.717, 1.165) is 0 Å². The van der Waals surface area contributed by atoms with Gasteiger partial charge < -0.3 is 10.5 Å². The summed E-state index contributed by atoms with van der Waals surface area (Å²) in [6, 6.07) is 0. The third kappa shape index (κ3) is 6.94. The average molecular weight is 145 g/mol. The number of ether oxygens (including phenoxy) is 1. The normalized spacial score (nSPS) is 8.80. The summed E-state index contributed by atoms with van der Waals surface area (Å²) in [7, 11) is 0. The molecule has 0 aliphatic heterocycles. The van der Waals surface area contributed by atoms with Crippen molar-refractivity contribution in [2.75, 3.05) is 6.61 Å². The van der Waals surface area contributed by atoms with E-state index in [1.807, 2.05) is 0 Å². The number of hydrogen-bond donors (Lipinski definition) is 1. The van der Waals surface area contributed by atoms with Gasteiger partial charge in [-0.2, -0.15) is 0 Å². The van der Waals surface area contributed by atoms with Crippen molar-refractivity contribution in [1.82, 2.24) is 0 Å². The number of carbonyl (C=O) groups is 2. The topological polar surface area (TPSA) is 69.4 Å². The van der Waals surface area contributed by atoms with Crippen LogP contribution in [0.1, 0.15) is 19.3 Å². The summed E-state index contributed by atoms with van der Waals surface area (Å²) in [4.78, 5) is 19.7. The Morgan fingerprint density at radius 2 is 2.20 bits per heavy atom. The minimum absolute atomic E-state index is 0.314. The standard InChI is InChI=1S/C6H11NO3/c7-6(9)3-1-2-4-10-5-8/h5H,1-4H2,(H2,7,9). The van der Waals surface area contributed by atoms with Crippen LogP contribution in [0.15, 0.2) is 0 Å². The SMILES string of the molecule is NC(=O)CCCCOC=O. The molecular formula is C6H11NO3. The largest absolute Gasteiger partial charge is 0.468 e. The molecule has 0 heterocycles. The average Bonchev–Trinajstić information content (AvgIpc) is 1.87. The van der Waals surface area contributed by atoms with E-state index in [9.17, 15) is 9.59 Å². The van der Waals surface area contributed by atoms with Crippen LogP contribution in [0, 0.1) is 0 Å². The molecule has 58 valence electrons. The number of unbranched alkanes of at least 4 members (excludes halogenated alkanes) is 1. The highest BCUT2D eigenvalue weighted by atomic mass is 16.5. The van der Waals surface area contributed by atoms with Gasteiger partial charge in [0.05, 0.1) is 6.61 Å². The Hall–Kier alpha value is -1.06. The zero-order chi connectivity index (χ0) is 7.82. The van der Waals surface area contributed by atoms with Crippen molar-refractivity contribution >= 4 is 12.4 Å². The van der Waals surface area contributed by atoms with Gasteiger partial charge >= 0.3 is 0 Å². The molecule has 0 fully saturated rings. The molecule has 0 spiro atoms. The van der Waals surface area contributed by atoms with Gasteiger partial charge in [0.15, 0.2) is 0 Å². The summed E-state index contributed by atoms with van der Waals surface area (Å²) in [5.74, 6) is -0.314. The first-order valence-corrected chi connectivity index (χ1v) is 3.11. The number of nitrogens with two attached hydrogens (primary N) is 1. The minimum atomic E-state index is -0.314. The van der Waals surface area contributed by atoms with E-state index in [-0.39, 0.29) is 5.91 Å². The van der Waals surface area contributed by atoms with Crippen LogP contribution in [0.25, 0.3) is 0 Å². The smallest absolute Gasteiger partial charge is 0.293 e. The molecule has 0 saturated heterocycles. The van der Waals surface area contributed by atoms with E-state index in [1.165, 1.54) is 0 Å². The molecule has 0 aromatic rings. The monoisotopic (exact) mass is 145 g/mol. The van der Waals surface area contributed by atoms with Gasteiger partial charge in [0.1, 0.15) is 0 Å². The fourth-order valence-corrected chi connectivity index (χ4v) is 0.533. The molecule has 4 heteroatoms. The quantitative estimate of drug-likeness (QED) is 0.416. The number of carbonyl (C=O) groups excluding carboxylic acids is 2. The zero-order valence-electron chi connectivity index (χ0n) is 5.71. The second kappa shape index (κ2) is 6.07. The van der Waals surface area contributed by atoms with Gasteiger partial charge in [-0.3, -0.25) is 9.59 Å². The molecule has 0 bridgehead atoms. The predicted molar refractivity (Wildman–Crippen MR) is 35.1 cm³/mol. The van der Waals surface area contributed by atoms with Crippen molar-refractivity contribution in [3.8, 4) is 0 Å². The maximum absolute atomic E-state index is 10.1. The van der Waals surface area contributed by atoms with Gasteiger partial charge in [-0.1, -0.05) is 0 Å². The van der Waals surface area contributed by atoms with Crippen LogP contribution in [0.2, 0.25) is 0 Å². The van der Waals surface area contributed by atoms with Crippen LogP contribution in [0.4, 0.5) is 0 Å². The molecule has 4 nitrogen and oxygen atoms in total. The van der Waals surface area contributed by atoms with Gasteiger partial charge in [0.25, 0.3) is 6.47 Å². The third-order valence-electron chi connectivity index (χ3n) is 1.00. The van der Waals surface area contributed by atoms with Crippen LogP contribution >= 0.6 is 0 Å². The van der Waals surface area contributed by atoms with Crippen LogP contribution < -0.4 is 5.73 Å². The zero-order valence-corrected chi connectivity index (χ0v) is 5.71. The molecule has 0 aliphatic carbocycles. The van der Waals surface area contributed by atoms with E-state index in [4.69, 9.17) is 5.73 Å². The minimum Gasteiger partial charge on any atom is -0.468 e. The third-order valence-corrected chi connectivity index (χ3v) is 1.00. The molecule has 0 radical (unpaired) electrons. The Balaban J connectivity index is 2.90. The van der Waals surface area contributed by atoms with Crippen molar-refractivity contribution in [2.45, 2.75) is 19.3 Å². The van der Waals surface area contributed by atoms with Gasteiger partial charge in [-0.05, 0) is 12.8 Å². The second-order valence-corrected chi connectivity index (χ2v) is 1.89. The van der Waals surface area contributed by atoms with E-state index < -0.39 is 0 Å². The molecule has 1 amide bonds. The van der Waals surface area contributed by atoms with Crippen molar-refractivity contribution in [3.63, 3.8) is 0 Å². The molecule has 0 aliphatic rings. The first-order chi connectivity index (χ1) is 4.77. The lowest BCUT2D eigenvalue weighted by Gasteiger charge is -1.95. The van der Waals surface area contributed by atoms with Crippen molar-refractivity contribution < 1.29 is 14.3 Å². The molecule has 0 rings (SSSR count). The summed E-state index contributed by atoms with van der Waals surface area (Å²) in [6.07, 6.45) is 1.74. The van der Waals surface area contributed by atoms with E-state index in [2.05, 4.69) is 4.74 Å². The number of amides is 1. The van der Waals surface area contributed by atoms with Crippen molar-refractivity contribution in [3.05, 3.63) is 0 Å².